The third-order valence-electron chi connectivity index (χ3n) is 31.7. The van der Waals surface area contributed by atoms with Gasteiger partial charge in [0, 0.05) is 5.92 Å². The first-order valence-corrected chi connectivity index (χ1v) is 52.3. The maximum Gasteiger partial charge on any atom is 0.312 e. The summed E-state index contributed by atoms with van der Waals surface area (Å²) in [5.74, 6) is 1.88. The summed E-state index contributed by atoms with van der Waals surface area (Å²) in [5, 5.41) is 0. The number of rotatable bonds is 38. The molecule has 8 aliphatic heterocycles. The van der Waals surface area contributed by atoms with Crippen LogP contribution in [0, 0.1) is 101 Å². The van der Waals surface area contributed by atoms with Crippen molar-refractivity contribution in [1.82, 2.24) is 0 Å². The molecule has 808 valence electrons. The summed E-state index contributed by atoms with van der Waals surface area (Å²) in [6, 6.07) is 0. The van der Waals surface area contributed by atoms with Gasteiger partial charge in [-0.25, -0.2) is 0 Å². The topological polar surface area (TPSA) is 405 Å². The van der Waals surface area contributed by atoms with Gasteiger partial charge >= 0.3 is 65.7 Å². The number of cyclic esters (lactones) is 1. The summed E-state index contributed by atoms with van der Waals surface area (Å²) in [4.78, 5) is 163. The van der Waals surface area contributed by atoms with Gasteiger partial charge in [0.15, 0.2) is 55.3 Å². The predicted octanol–water partition coefficient (Wildman–Crippen LogP) is 18.0. The zero-order valence-electron chi connectivity index (χ0n) is 91.8. The molecule has 8 bridgehead atoms. The first-order valence-electron chi connectivity index (χ1n) is 52.3. The van der Waals surface area contributed by atoms with Crippen molar-refractivity contribution in [1.29, 1.82) is 0 Å². The molecule has 19 atom stereocenters. The van der Waals surface area contributed by atoms with E-state index in [4.69, 9.17) is 85.3 Å². The van der Waals surface area contributed by atoms with E-state index in [9.17, 15) is 67.1 Å². The fourth-order valence-electron chi connectivity index (χ4n) is 18.6. The summed E-state index contributed by atoms with van der Waals surface area (Å²) in [6.07, 6.45) is 17.2. The van der Waals surface area contributed by atoms with Crippen molar-refractivity contribution in [2.45, 2.75) is 435 Å². The van der Waals surface area contributed by atoms with Crippen molar-refractivity contribution < 1.29 is 152 Å². The normalized spacial score (nSPS) is 28.1. The number of hydrogen-bond acceptors (Lipinski definition) is 32. The highest BCUT2D eigenvalue weighted by atomic mass is 16.7. The van der Waals surface area contributed by atoms with E-state index in [-0.39, 0.29) is 224 Å². The molecular formula is C109H180O32. The van der Waals surface area contributed by atoms with Gasteiger partial charge in [-0.05, 0) is 286 Å². The summed E-state index contributed by atoms with van der Waals surface area (Å²) in [5.41, 5.74) is -3.94. The van der Waals surface area contributed by atoms with E-state index >= 15 is 0 Å². The van der Waals surface area contributed by atoms with E-state index in [0.29, 0.717) is 70.5 Å². The van der Waals surface area contributed by atoms with Gasteiger partial charge in [0.2, 0.25) is 5.78 Å². The van der Waals surface area contributed by atoms with E-state index < -0.39 is 63.0 Å². The first-order chi connectivity index (χ1) is 65.3. The molecule has 13 rings (SSSR count). The molecule has 13 aliphatic rings. The number of Topliss-reactive ketones (excluding diaryl/α,β-unsaturated/α-hetero) is 3. The van der Waals surface area contributed by atoms with Crippen LogP contribution >= 0.6 is 0 Å². The number of carbonyl (C=O) groups is 14. The summed E-state index contributed by atoms with van der Waals surface area (Å²) in [6.45, 7) is 63.1. The van der Waals surface area contributed by atoms with Crippen LogP contribution < -0.4 is 0 Å². The van der Waals surface area contributed by atoms with E-state index in [0.717, 1.165) is 74.5 Å². The second kappa shape index (κ2) is 51.5. The molecule has 0 aromatic heterocycles. The van der Waals surface area contributed by atoms with Gasteiger partial charge in [-0.15, -0.1) is 0 Å². The maximum absolute atomic E-state index is 12.7. The average Bonchev–Trinajstić information content (AvgIpc) is 1.53. The van der Waals surface area contributed by atoms with Gasteiger partial charge < -0.3 is 85.3 Å². The van der Waals surface area contributed by atoms with Crippen LogP contribution in [0.15, 0.2) is 0 Å². The molecule has 0 aromatic carbocycles. The Morgan fingerprint density at radius 1 is 0.383 bits per heavy atom. The molecule has 32 nitrogen and oxygen atoms in total. The number of carbonyl (C=O) groups excluding carboxylic acids is 14. The molecule has 5 aliphatic carbocycles. The van der Waals surface area contributed by atoms with Crippen LogP contribution in [0.1, 0.15) is 363 Å². The lowest BCUT2D eigenvalue weighted by atomic mass is 9.65. The van der Waals surface area contributed by atoms with E-state index in [1.807, 2.05) is 159 Å². The van der Waals surface area contributed by atoms with Crippen LogP contribution in [0.3, 0.4) is 0 Å². The Labute approximate surface area is 840 Å². The summed E-state index contributed by atoms with van der Waals surface area (Å²) >= 11 is 0. The fourth-order valence-corrected chi connectivity index (χ4v) is 18.6. The Bertz CT molecular complexity index is 4040. The summed E-state index contributed by atoms with van der Waals surface area (Å²) < 4.78 is 95.4. The highest BCUT2D eigenvalue weighted by molar-refractivity contribution is 5.89. The average molecular weight is 2000 g/mol. The number of ether oxygens (including phenoxy) is 18. The first kappa shape index (κ1) is 123. The van der Waals surface area contributed by atoms with Gasteiger partial charge in [0.1, 0.15) is 69.5 Å². The Morgan fingerprint density at radius 2 is 0.759 bits per heavy atom. The van der Waals surface area contributed by atoms with Crippen LogP contribution in [0.2, 0.25) is 0 Å². The lowest BCUT2D eigenvalue weighted by Gasteiger charge is -2.46. The standard InChI is InChI=1S/C20H32O2.2C15H28O5.2C13H18O5.C13H24O2.2C10H16O4/c1-5-19(3,4)18(21)22-20(6-2)11-14-10-15(20)17-13-8-7-12(9-13)16(14)17;2*1-7-15(5,6)13(17)20-9-12(16)8-18-11-19-10-14(2,3)4;2*1-4-13(2,3)12(15)18-9-7-5-6-8(16-7)10(9)17-11(6)14;1-5-12(3,4)11(14)15-13(6-2)9-7-8-10-13;1-4-10(2,3)9(12)14-8-6-13-5-7(8)11;1-4-10(2,3)9(12)14-7-5-8(11)13-6-7/h12-17H,5-11H2,1-4H3;2*7-11H2,1-6H3;2*6-10H,4-5H2,1-3H3;5-10H2,1-4H3;8H,4-6H2,1-3H3;7H,4-6H2,1-3H3. The SMILES string of the molecule is CCC(C)(C)C(=O)OC1(CC)CC2CC1C1C3CCC(C3)C21.CCC(C)(C)C(=O)OC1C2CC3C(=O)OC1C3O2.CCC(C)(C)C(=O)OC1C2CC3C(=O)OC1C3O2.CCC(C)(C)C(=O)OC1COC(=O)C1.CCC(C)(C)C(=O)OC1COCC1=O.CCC(C)(C)C(=O)OCC(=O)COCOCC(C)(C)C.CCC(C)(C)C(=O)OCC(=O)COCOCC(C)(C)C.CCC1(OC(=O)C(C)(C)CC)CCCC1. The molecular weight excluding hydrogens is 1820 g/mol. The zero-order valence-corrected chi connectivity index (χ0v) is 91.8. The van der Waals surface area contributed by atoms with Gasteiger partial charge in [-0.1, -0.05) is 111 Å². The number of esters is 11. The second-order valence-electron chi connectivity index (χ2n) is 48.4. The molecule has 32 heteroatoms. The zero-order chi connectivity index (χ0) is 107. The Balaban J connectivity index is 0.000000248. The molecule has 8 heterocycles. The van der Waals surface area contributed by atoms with Gasteiger partial charge in [0.05, 0.1) is 93.6 Å². The molecule has 0 N–H and O–H groups in total. The number of fused-ring (bicyclic) bond motifs is 11. The third kappa shape index (κ3) is 33.5. The molecule has 5 saturated carbocycles. The largest absolute Gasteiger partial charge is 0.462 e. The van der Waals surface area contributed by atoms with Crippen molar-refractivity contribution in [2.24, 2.45) is 101 Å². The monoisotopic (exact) mass is 2000 g/mol. The smallest absolute Gasteiger partial charge is 0.312 e. The Hall–Kier alpha value is -7.10. The van der Waals surface area contributed by atoms with Crippen molar-refractivity contribution in [3.63, 3.8) is 0 Å². The minimum Gasteiger partial charge on any atom is -0.462 e. The lowest BCUT2D eigenvalue weighted by Crippen LogP contribution is -2.49. The quantitative estimate of drug-likeness (QED) is 0.0182. The highest BCUT2D eigenvalue weighted by Crippen LogP contribution is 2.71. The second-order valence-corrected chi connectivity index (χ2v) is 48.4. The van der Waals surface area contributed by atoms with Gasteiger partial charge in [-0.3, -0.25) is 67.1 Å². The van der Waals surface area contributed by atoms with Crippen molar-refractivity contribution in [3.05, 3.63) is 0 Å². The summed E-state index contributed by atoms with van der Waals surface area (Å²) in [7, 11) is 0. The van der Waals surface area contributed by atoms with Crippen molar-refractivity contribution >= 4 is 83.0 Å². The maximum atomic E-state index is 12.7. The molecule has 0 spiro atoms. The van der Waals surface area contributed by atoms with E-state index in [2.05, 4.69) is 20.8 Å². The Morgan fingerprint density at radius 3 is 1.12 bits per heavy atom. The number of ketones is 3. The van der Waals surface area contributed by atoms with Crippen LogP contribution in [0.25, 0.3) is 0 Å². The molecule has 0 radical (unpaired) electrons. The van der Waals surface area contributed by atoms with Crippen LogP contribution in [0.5, 0.6) is 0 Å². The molecule has 19 unspecified atom stereocenters. The Kier molecular flexibility index (Phi) is 44.8. The van der Waals surface area contributed by atoms with E-state index in [1.165, 1.54) is 38.5 Å². The molecule has 0 amide bonds. The lowest BCUT2D eigenvalue weighted by molar-refractivity contribution is -0.183. The highest BCUT2D eigenvalue weighted by Gasteiger charge is 2.70. The van der Waals surface area contributed by atoms with Crippen LogP contribution in [0.4, 0.5) is 0 Å². The molecule has 141 heavy (non-hydrogen) atoms. The van der Waals surface area contributed by atoms with Crippen molar-refractivity contribution in [3.8, 4) is 0 Å². The third-order valence-corrected chi connectivity index (χ3v) is 31.7. The minimum absolute atomic E-state index is 0.0197. The van der Waals surface area contributed by atoms with E-state index in [1.54, 1.807) is 41.5 Å². The molecule has 0 aromatic rings. The van der Waals surface area contributed by atoms with Gasteiger partial charge in [0.25, 0.3) is 0 Å². The van der Waals surface area contributed by atoms with Crippen LogP contribution in [-0.4, -0.2) is 228 Å². The number of hydrogen-bond donors (Lipinski definition) is 0. The predicted molar refractivity (Wildman–Crippen MR) is 522 cm³/mol. The fraction of sp³-hybridized carbons (Fsp3) is 0.872. The minimum atomic E-state index is -0.687. The molecule has 13 fully saturated rings. The van der Waals surface area contributed by atoms with Crippen LogP contribution in [-0.2, 0) is 152 Å². The molecule has 8 saturated heterocycles. The van der Waals surface area contributed by atoms with Gasteiger partial charge in [-0.2, -0.15) is 0 Å². The van der Waals surface area contributed by atoms with Crippen molar-refractivity contribution in [2.75, 3.05) is 73.0 Å².